The second-order valence-corrected chi connectivity index (χ2v) is 7.45. The highest BCUT2D eigenvalue weighted by molar-refractivity contribution is 5.93. The van der Waals surface area contributed by atoms with Crippen molar-refractivity contribution < 1.29 is 9.47 Å². The summed E-state index contributed by atoms with van der Waals surface area (Å²) in [4.78, 5) is 13.7. The van der Waals surface area contributed by atoms with Gasteiger partial charge in [0.25, 0.3) is 0 Å². The van der Waals surface area contributed by atoms with E-state index in [4.69, 9.17) is 19.6 Å². The summed E-state index contributed by atoms with van der Waals surface area (Å²) in [6.07, 6.45) is 1.72. The highest BCUT2D eigenvalue weighted by Gasteiger charge is 2.27. The highest BCUT2D eigenvalue weighted by atomic mass is 16.5. The van der Waals surface area contributed by atoms with Crippen LogP contribution in [0.15, 0.2) is 24.4 Å². The largest absolute Gasteiger partial charge is 0.477 e. The number of rotatable bonds is 7. The Balaban J connectivity index is 1.64. The maximum Gasteiger partial charge on any atom is 0.222 e. The van der Waals surface area contributed by atoms with Gasteiger partial charge in [-0.25, -0.2) is 15.0 Å². The zero-order chi connectivity index (χ0) is 21.4. The first-order valence-electron chi connectivity index (χ1n) is 10.3. The van der Waals surface area contributed by atoms with Gasteiger partial charge in [-0.2, -0.15) is 10.2 Å². The normalized spacial score (nSPS) is 14.0. The third-order valence-electron chi connectivity index (χ3n) is 5.20. The monoisotopic (exact) mass is 420 g/mol. The van der Waals surface area contributed by atoms with Crippen LogP contribution in [0, 0.1) is 13.8 Å². The molecule has 0 spiro atoms. The van der Waals surface area contributed by atoms with Gasteiger partial charge >= 0.3 is 0 Å². The number of aryl methyl sites for hydroxylation is 2. The zero-order valence-corrected chi connectivity index (χ0v) is 17.7. The van der Waals surface area contributed by atoms with Gasteiger partial charge in [0, 0.05) is 6.20 Å². The molecule has 1 fully saturated rings. The SMILES string of the molecule is CCOc1ncccc1-c1cc(NCc2n[nH]c(C)n2)c2c(n1)c(C)nn2C1COC1. The van der Waals surface area contributed by atoms with Crippen molar-refractivity contribution in [1.82, 2.24) is 34.9 Å². The van der Waals surface area contributed by atoms with Crippen molar-refractivity contribution in [2.75, 3.05) is 25.1 Å². The van der Waals surface area contributed by atoms with E-state index in [2.05, 4.69) is 25.5 Å². The van der Waals surface area contributed by atoms with Gasteiger partial charge in [-0.05, 0) is 39.0 Å². The molecule has 0 aromatic carbocycles. The summed E-state index contributed by atoms with van der Waals surface area (Å²) in [5.74, 6) is 2.03. The molecular weight excluding hydrogens is 396 g/mol. The number of anilines is 1. The van der Waals surface area contributed by atoms with Crippen LogP contribution in [0.3, 0.4) is 0 Å². The first kappa shape index (κ1) is 19.4. The number of aromatic amines is 1. The number of H-pyrrole nitrogens is 1. The van der Waals surface area contributed by atoms with Crippen LogP contribution in [0.25, 0.3) is 22.3 Å². The van der Waals surface area contributed by atoms with E-state index >= 15 is 0 Å². The molecule has 1 aliphatic heterocycles. The number of ether oxygens (including phenoxy) is 2. The molecule has 4 aromatic rings. The van der Waals surface area contributed by atoms with Gasteiger partial charge in [-0.3, -0.25) is 9.78 Å². The summed E-state index contributed by atoms with van der Waals surface area (Å²) in [6.45, 7) is 8.09. The average molecular weight is 420 g/mol. The van der Waals surface area contributed by atoms with Crippen molar-refractivity contribution in [3.63, 3.8) is 0 Å². The van der Waals surface area contributed by atoms with Crippen molar-refractivity contribution in [1.29, 1.82) is 0 Å². The van der Waals surface area contributed by atoms with Crippen molar-refractivity contribution in [2.45, 2.75) is 33.4 Å². The molecule has 31 heavy (non-hydrogen) atoms. The van der Waals surface area contributed by atoms with E-state index in [0.29, 0.717) is 38.1 Å². The molecule has 0 unspecified atom stereocenters. The minimum Gasteiger partial charge on any atom is -0.477 e. The molecule has 0 amide bonds. The number of nitrogens with zero attached hydrogens (tertiary/aromatic N) is 6. The Labute approximate surface area is 179 Å². The summed E-state index contributed by atoms with van der Waals surface area (Å²) >= 11 is 0. The summed E-state index contributed by atoms with van der Waals surface area (Å²) in [7, 11) is 0. The van der Waals surface area contributed by atoms with Crippen LogP contribution in [0.1, 0.15) is 30.3 Å². The fourth-order valence-corrected chi connectivity index (χ4v) is 3.66. The molecule has 2 N–H and O–H groups in total. The quantitative estimate of drug-likeness (QED) is 0.469. The number of hydrogen-bond donors (Lipinski definition) is 2. The van der Waals surface area contributed by atoms with Gasteiger partial charge in [0.2, 0.25) is 5.88 Å². The first-order valence-corrected chi connectivity index (χ1v) is 10.3. The van der Waals surface area contributed by atoms with Crippen LogP contribution >= 0.6 is 0 Å². The van der Waals surface area contributed by atoms with E-state index in [1.54, 1.807) is 6.20 Å². The van der Waals surface area contributed by atoms with Crippen molar-refractivity contribution in [3.8, 4) is 17.1 Å². The molecule has 5 rings (SSSR count). The van der Waals surface area contributed by atoms with Gasteiger partial charge in [0.15, 0.2) is 5.82 Å². The van der Waals surface area contributed by atoms with Gasteiger partial charge in [-0.15, -0.1) is 0 Å². The minimum absolute atomic E-state index is 0.201. The van der Waals surface area contributed by atoms with Crippen molar-refractivity contribution >= 4 is 16.7 Å². The lowest BCUT2D eigenvalue weighted by Gasteiger charge is -2.27. The first-order chi connectivity index (χ1) is 15.1. The number of hydrogen-bond acceptors (Lipinski definition) is 8. The predicted octanol–water partition coefficient (Wildman–Crippen LogP) is 2.81. The predicted molar refractivity (Wildman–Crippen MR) is 115 cm³/mol. The Bertz CT molecular complexity index is 1230. The molecule has 0 saturated carbocycles. The summed E-state index contributed by atoms with van der Waals surface area (Å²) in [6, 6.07) is 6.06. The third-order valence-corrected chi connectivity index (χ3v) is 5.20. The van der Waals surface area contributed by atoms with Crippen LogP contribution in [-0.4, -0.2) is 54.8 Å². The molecule has 0 atom stereocenters. The van der Waals surface area contributed by atoms with Crippen molar-refractivity contribution in [3.05, 3.63) is 41.7 Å². The molecule has 1 aliphatic rings. The van der Waals surface area contributed by atoms with E-state index in [-0.39, 0.29) is 6.04 Å². The van der Waals surface area contributed by atoms with Gasteiger partial charge in [0.1, 0.15) is 16.9 Å². The highest BCUT2D eigenvalue weighted by Crippen LogP contribution is 2.35. The second-order valence-electron chi connectivity index (χ2n) is 7.45. The smallest absolute Gasteiger partial charge is 0.222 e. The number of pyridine rings is 2. The fourth-order valence-electron chi connectivity index (χ4n) is 3.66. The summed E-state index contributed by atoms with van der Waals surface area (Å²) < 4.78 is 13.2. The molecule has 4 aromatic heterocycles. The molecule has 160 valence electrons. The van der Waals surface area contributed by atoms with Gasteiger partial charge in [0.05, 0.1) is 55.0 Å². The van der Waals surface area contributed by atoms with Gasteiger partial charge < -0.3 is 14.8 Å². The van der Waals surface area contributed by atoms with E-state index in [0.717, 1.165) is 39.5 Å². The molecule has 10 heteroatoms. The number of nitrogens with one attached hydrogen (secondary N) is 2. The lowest BCUT2D eigenvalue weighted by molar-refractivity contribution is -0.0267. The molecule has 0 aliphatic carbocycles. The zero-order valence-electron chi connectivity index (χ0n) is 17.7. The van der Waals surface area contributed by atoms with E-state index in [1.807, 2.05) is 43.7 Å². The van der Waals surface area contributed by atoms with E-state index in [9.17, 15) is 0 Å². The maximum absolute atomic E-state index is 5.74. The van der Waals surface area contributed by atoms with Crippen LogP contribution in [0.5, 0.6) is 5.88 Å². The lowest BCUT2D eigenvalue weighted by atomic mass is 10.1. The average Bonchev–Trinajstić information content (AvgIpc) is 3.29. The third kappa shape index (κ3) is 3.59. The van der Waals surface area contributed by atoms with Crippen molar-refractivity contribution in [2.24, 2.45) is 0 Å². The van der Waals surface area contributed by atoms with Crippen LogP contribution in [0.2, 0.25) is 0 Å². The maximum atomic E-state index is 5.74. The lowest BCUT2D eigenvalue weighted by Crippen LogP contribution is -2.31. The van der Waals surface area contributed by atoms with Gasteiger partial charge in [-0.1, -0.05) is 0 Å². The van der Waals surface area contributed by atoms with E-state index in [1.165, 1.54) is 0 Å². The Morgan fingerprint density at radius 1 is 1.29 bits per heavy atom. The molecular formula is C21H24N8O2. The standard InChI is InChI=1S/C21H24N8O2/c1-4-31-21-15(6-5-7-22-21)16-8-17(23-9-18-24-13(3)26-27-18)20-19(25-16)12(2)28-29(20)14-10-30-11-14/h5-8,14H,4,9-11H2,1-3H3,(H,23,25)(H,24,26,27). The van der Waals surface area contributed by atoms with Crippen LogP contribution < -0.4 is 10.1 Å². The van der Waals surface area contributed by atoms with Crippen LogP contribution in [0.4, 0.5) is 5.69 Å². The summed E-state index contributed by atoms with van der Waals surface area (Å²) in [5.41, 5.74) is 5.16. The molecule has 1 saturated heterocycles. The summed E-state index contributed by atoms with van der Waals surface area (Å²) in [5, 5.41) is 15.4. The topological polar surface area (TPSA) is 116 Å². The molecule has 0 radical (unpaired) electrons. The molecule has 5 heterocycles. The Hall–Kier alpha value is -3.53. The Morgan fingerprint density at radius 2 is 2.16 bits per heavy atom. The molecule has 10 nitrogen and oxygen atoms in total. The van der Waals surface area contributed by atoms with Crippen LogP contribution in [-0.2, 0) is 11.3 Å². The Morgan fingerprint density at radius 3 is 2.87 bits per heavy atom. The number of aromatic nitrogens is 7. The number of fused-ring (bicyclic) bond motifs is 1. The second kappa shape index (κ2) is 7.95. The minimum atomic E-state index is 0.201. The Kier molecular flexibility index (Phi) is 4.99. The molecule has 0 bridgehead atoms. The van der Waals surface area contributed by atoms with E-state index < -0.39 is 0 Å². The fraction of sp³-hybridized carbons (Fsp3) is 0.381.